The van der Waals surface area contributed by atoms with Gasteiger partial charge in [0, 0.05) is 27.1 Å². The van der Waals surface area contributed by atoms with Crippen molar-refractivity contribution in [3.05, 3.63) is 0 Å². The standard InChI is InChI=1S/C12H23NO6S.C6H12O2/c1-8(14)10(9(2)19-5)6-11(15)13-12(3,4)7-20(16,17)18;1-5(7)4-6(2)8-3/h9-10H,6-7H2,1-5H3,(H,13,15)(H,16,17,18);6H,4H2,1-3H3. The molecule has 0 rings (SSSR count). The monoisotopic (exact) mass is 425 g/mol. The van der Waals surface area contributed by atoms with Crippen LogP contribution in [0.4, 0.5) is 0 Å². The molecule has 10 heteroatoms. The zero-order chi connectivity index (χ0) is 22.7. The third kappa shape index (κ3) is 15.7. The summed E-state index contributed by atoms with van der Waals surface area (Å²) in [6.07, 6.45) is 0.0888. The van der Waals surface area contributed by atoms with Gasteiger partial charge in [0.15, 0.2) is 0 Å². The molecule has 0 aromatic rings. The maximum absolute atomic E-state index is 11.9. The molecule has 0 aliphatic heterocycles. The van der Waals surface area contributed by atoms with Crippen LogP contribution < -0.4 is 5.32 Å². The van der Waals surface area contributed by atoms with Crippen LogP contribution in [0.1, 0.15) is 54.4 Å². The molecule has 0 spiro atoms. The maximum atomic E-state index is 11.9. The van der Waals surface area contributed by atoms with E-state index in [4.69, 9.17) is 14.0 Å². The van der Waals surface area contributed by atoms with Gasteiger partial charge in [-0.3, -0.25) is 18.9 Å². The maximum Gasteiger partial charge on any atom is 0.267 e. The van der Waals surface area contributed by atoms with E-state index in [1.165, 1.54) is 27.9 Å². The van der Waals surface area contributed by atoms with E-state index in [0.29, 0.717) is 6.42 Å². The molecule has 3 atom stereocenters. The number of Topliss-reactive ketones (excluding diaryl/α,β-unsaturated/α-hetero) is 2. The van der Waals surface area contributed by atoms with E-state index < -0.39 is 39.3 Å². The molecule has 0 radical (unpaired) electrons. The van der Waals surface area contributed by atoms with Crippen LogP contribution in [0.25, 0.3) is 0 Å². The minimum absolute atomic E-state index is 0.0764. The lowest BCUT2D eigenvalue weighted by Crippen LogP contribution is -2.49. The second kappa shape index (κ2) is 13.0. The molecule has 0 heterocycles. The fourth-order valence-corrected chi connectivity index (χ4v) is 3.40. The second-order valence-electron chi connectivity index (χ2n) is 7.47. The predicted octanol–water partition coefficient (Wildman–Crippen LogP) is 1.40. The number of methoxy groups -OCH3 is 2. The van der Waals surface area contributed by atoms with Crippen LogP contribution in [0.5, 0.6) is 0 Å². The number of rotatable bonds is 11. The van der Waals surface area contributed by atoms with Gasteiger partial charge in [0.25, 0.3) is 10.1 Å². The summed E-state index contributed by atoms with van der Waals surface area (Å²) in [5.41, 5.74) is -1.12. The minimum atomic E-state index is -4.20. The molecule has 2 N–H and O–H groups in total. The van der Waals surface area contributed by atoms with Crippen molar-refractivity contribution < 1.29 is 36.8 Å². The second-order valence-corrected chi connectivity index (χ2v) is 8.93. The molecule has 166 valence electrons. The van der Waals surface area contributed by atoms with Gasteiger partial charge < -0.3 is 14.8 Å². The van der Waals surface area contributed by atoms with Crippen molar-refractivity contribution >= 4 is 27.6 Å². The number of amides is 1. The highest BCUT2D eigenvalue weighted by Crippen LogP contribution is 2.15. The molecule has 1 amide bonds. The summed E-state index contributed by atoms with van der Waals surface area (Å²) in [5, 5.41) is 2.49. The van der Waals surface area contributed by atoms with Crippen LogP contribution in [-0.4, -0.2) is 68.2 Å². The fraction of sp³-hybridized carbons (Fsp3) is 0.833. The number of ether oxygens (including phenoxy) is 2. The third-order valence-electron chi connectivity index (χ3n) is 3.86. The molecule has 0 aliphatic rings. The highest BCUT2D eigenvalue weighted by molar-refractivity contribution is 7.85. The van der Waals surface area contributed by atoms with Gasteiger partial charge in [-0.25, -0.2) is 0 Å². The lowest BCUT2D eigenvalue weighted by molar-refractivity contribution is -0.132. The van der Waals surface area contributed by atoms with Crippen molar-refractivity contribution in [2.75, 3.05) is 20.0 Å². The Labute approximate surface area is 168 Å². The third-order valence-corrected chi connectivity index (χ3v) is 4.95. The Morgan fingerprint density at radius 3 is 1.82 bits per heavy atom. The van der Waals surface area contributed by atoms with E-state index in [1.807, 2.05) is 6.92 Å². The highest BCUT2D eigenvalue weighted by Gasteiger charge is 2.30. The molecule has 0 aromatic heterocycles. The van der Waals surface area contributed by atoms with Gasteiger partial charge in [-0.1, -0.05) is 0 Å². The molecular formula is C18H35NO8S. The first-order valence-electron chi connectivity index (χ1n) is 8.86. The van der Waals surface area contributed by atoms with E-state index in [0.717, 1.165) is 0 Å². The summed E-state index contributed by atoms with van der Waals surface area (Å²) in [6.45, 7) is 9.44. The van der Waals surface area contributed by atoms with E-state index in [2.05, 4.69) is 5.32 Å². The first kappa shape index (κ1) is 28.8. The quantitative estimate of drug-likeness (QED) is 0.474. The molecule has 0 fully saturated rings. The van der Waals surface area contributed by atoms with Gasteiger partial charge in [-0.05, 0) is 41.5 Å². The largest absolute Gasteiger partial charge is 0.381 e. The van der Waals surface area contributed by atoms with E-state index in [9.17, 15) is 22.8 Å². The van der Waals surface area contributed by atoms with Crippen molar-refractivity contribution in [2.24, 2.45) is 5.92 Å². The Kier molecular flexibility index (Phi) is 13.4. The molecule has 9 nitrogen and oxygen atoms in total. The van der Waals surface area contributed by atoms with Crippen LogP contribution in [0, 0.1) is 5.92 Å². The molecule has 0 saturated heterocycles. The lowest BCUT2D eigenvalue weighted by Gasteiger charge is -2.26. The van der Waals surface area contributed by atoms with E-state index >= 15 is 0 Å². The zero-order valence-corrected chi connectivity index (χ0v) is 18.9. The van der Waals surface area contributed by atoms with Gasteiger partial charge in [0.05, 0.1) is 29.4 Å². The van der Waals surface area contributed by atoms with Crippen LogP contribution >= 0.6 is 0 Å². The summed E-state index contributed by atoms with van der Waals surface area (Å²) in [7, 11) is -1.15. The topological polar surface area (TPSA) is 136 Å². The number of ketones is 2. The van der Waals surface area contributed by atoms with Crippen molar-refractivity contribution in [3.63, 3.8) is 0 Å². The van der Waals surface area contributed by atoms with Crippen molar-refractivity contribution in [3.8, 4) is 0 Å². The molecule has 0 aliphatic carbocycles. The molecular weight excluding hydrogens is 390 g/mol. The van der Waals surface area contributed by atoms with Crippen LogP contribution in [0.3, 0.4) is 0 Å². The Morgan fingerprint density at radius 1 is 1.04 bits per heavy atom. The normalized spacial score (nSPS) is 14.9. The highest BCUT2D eigenvalue weighted by atomic mass is 32.2. The lowest BCUT2D eigenvalue weighted by atomic mass is 9.94. The summed E-state index contributed by atoms with van der Waals surface area (Å²) in [5.74, 6) is -1.67. The SMILES string of the molecule is COC(C)C(CC(=O)NC(C)(C)CS(=O)(=O)O)C(C)=O.COC(C)CC(C)=O. The average molecular weight is 426 g/mol. The Morgan fingerprint density at radius 2 is 1.54 bits per heavy atom. The Hall–Kier alpha value is -1.36. The number of hydrogen-bond donors (Lipinski definition) is 2. The molecule has 28 heavy (non-hydrogen) atoms. The predicted molar refractivity (Wildman–Crippen MR) is 106 cm³/mol. The zero-order valence-electron chi connectivity index (χ0n) is 18.1. The van der Waals surface area contributed by atoms with Gasteiger partial charge in [0.1, 0.15) is 11.6 Å². The van der Waals surface area contributed by atoms with Gasteiger partial charge >= 0.3 is 0 Å². The summed E-state index contributed by atoms with van der Waals surface area (Å²) in [4.78, 5) is 33.7. The summed E-state index contributed by atoms with van der Waals surface area (Å²) in [6, 6.07) is 0. The number of nitrogens with one attached hydrogen (secondary N) is 1. The van der Waals surface area contributed by atoms with Crippen molar-refractivity contribution in [1.82, 2.24) is 5.32 Å². The van der Waals surface area contributed by atoms with Gasteiger partial charge in [0.2, 0.25) is 5.91 Å². The molecule has 0 saturated carbocycles. The summed E-state index contributed by atoms with van der Waals surface area (Å²) < 4.78 is 40.4. The first-order chi connectivity index (χ1) is 12.5. The Balaban J connectivity index is 0. The van der Waals surface area contributed by atoms with E-state index in [1.54, 1.807) is 21.0 Å². The fourth-order valence-electron chi connectivity index (χ4n) is 2.41. The molecule has 0 bridgehead atoms. The van der Waals surface area contributed by atoms with Crippen molar-refractivity contribution in [1.29, 1.82) is 0 Å². The minimum Gasteiger partial charge on any atom is -0.381 e. The number of hydrogen-bond acceptors (Lipinski definition) is 7. The molecule has 3 unspecified atom stereocenters. The van der Waals surface area contributed by atoms with Crippen LogP contribution in [-0.2, 0) is 34.0 Å². The number of carbonyl (C=O) groups excluding carboxylic acids is 3. The van der Waals surface area contributed by atoms with E-state index in [-0.39, 0.29) is 24.1 Å². The Bertz CT molecular complexity index is 615. The van der Waals surface area contributed by atoms with Crippen LogP contribution in [0.15, 0.2) is 0 Å². The smallest absolute Gasteiger partial charge is 0.267 e. The van der Waals surface area contributed by atoms with Gasteiger partial charge in [-0.15, -0.1) is 0 Å². The first-order valence-corrected chi connectivity index (χ1v) is 10.5. The number of carbonyl (C=O) groups is 3. The van der Waals surface area contributed by atoms with Crippen molar-refractivity contribution in [2.45, 2.75) is 72.1 Å². The average Bonchev–Trinajstić information content (AvgIpc) is 2.48. The summed E-state index contributed by atoms with van der Waals surface area (Å²) >= 11 is 0. The molecule has 0 aromatic carbocycles. The van der Waals surface area contributed by atoms with Gasteiger partial charge in [-0.2, -0.15) is 8.42 Å². The van der Waals surface area contributed by atoms with Crippen LogP contribution in [0.2, 0.25) is 0 Å².